The highest BCUT2D eigenvalue weighted by Gasteiger charge is 2.20. The van der Waals surface area contributed by atoms with Crippen molar-refractivity contribution in [2.24, 2.45) is 0 Å². The minimum Gasteiger partial charge on any atom is -0.485 e. The molecular formula is C22H29BO5. The second-order valence-electron chi connectivity index (χ2n) is 7.56. The first kappa shape index (κ1) is 22.2. The normalized spacial score (nSPS) is 13.0. The van der Waals surface area contributed by atoms with Crippen LogP contribution in [0.15, 0.2) is 42.5 Å². The maximum atomic E-state index is 10.4. The van der Waals surface area contributed by atoms with Crippen LogP contribution in [0.2, 0.25) is 0 Å². The number of benzene rings is 2. The molecule has 0 saturated heterocycles. The van der Waals surface area contributed by atoms with E-state index in [1.165, 1.54) is 7.11 Å². The van der Waals surface area contributed by atoms with Crippen molar-refractivity contribution in [1.29, 1.82) is 0 Å². The first-order chi connectivity index (χ1) is 13.2. The van der Waals surface area contributed by atoms with E-state index in [0.717, 1.165) is 28.0 Å². The average Bonchev–Trinajstić information content (AvgIpc) is 2.68. The molecule has 0 aliphatic carbocycles. The summed E-state index contributed by atoms with van der Waals surface area (Å²) in [4.78, 5) is 0. The van der Waals surface area contributed by atoms with E-state index in [1.807, 2.05) is 45.9 Å². The summed E-state index contributed by atoms with van der Waals surface area (Å²) in [6.45, 7) is 7.53. The van der Waals surface area contributed by atoms with Gasteiger partial charge in [-0.25, -0.2) is 0 Å². The smallest absolute Gasteiger partial charge is 0.485 e. The molecule has 5 nitrogen and oxygen atoms in total. The minimum absolute atomic E-state index is 0.0695. The van der Waals surface area contributed by atoms with Crippen molar-refractivity contribution < 1.29 is 24.6 Å². The van der Waals surface area contributed by atoms with Crippen LogP contribution in [-0.4, -0.2) is 41.7 Å². The molecule has 150 valence electrons. The van der Waals surface area contributed by atoms with E-state index >= 15 is 0 Å². The Hall–Kier alpha value is -2.12. The Balaban J connectivity index is 2.15. The number of aliphatic hydroxyl groups excluding tert-OH is 2. The standard InChI is InChI=1S/C22H29BO5/c1-15-12-17(13-16(2)21(15)28-22(3,4)14-24)6-11-20(25)18-7-9-19(10-8-18)23(26)27-5/h6-13,20,24-26H,14H2,1-5H3/b11-6+. The third-order valence-corrected chi connectivity index (χ3v) is 4.50. The Morgan fingerprint density at radius 1 is 1.11 bits per heavy atom. The number of aryl methyl sites for hydroxylation is 2. The third kappa shape index (κ3) is 5.69. The molecular weight excluding hydrogens is 355 g/mol. The largest absolute Gasteiger partial charge is 0.490 e. The summed E-state index contributed by atoms with van der Waals surface area (Å²) in [5.74, 6) is 0.768. The van der Waals surface area contributed by atoms with Crippen molar-refractivity contribution in [2.45, 2.75) is 39.4 Å². The molecule has 0 aromatic heterocycles. The summed E-state index contributed by atoms with van der Waals surface area (Å²) in [5, 5.41) is 29.5. The zero-order valence-electron chi connectivity index (χ0n) is 17.1. The Bertz CT molecular complexity index is 791. The van der Waals surface area contributed by atoms with Gasteiger partial charge < -0.3 is 24.6 Å². The van der Waals surface area contributed by atoms with Crippen molar-refractivity contribution in [3.63, 3.8) is 0 Å². The maximum absolute atomic E-state index is 10.4. The average molecular weight is 384 g/mol. The molecule has 0 amide bonds. The summed E-state index contributed by atoms with van der Waals surface area (Å²) in [6.07, 6.45) is 2.82. The van der Waals surface area contributed by atoms with Gasteiger partial charge in [0.15, 0.2) is 0 Å². The van der Waals surface area contributed by atoms with E-state index in [-0.39, 0.29) is 6.61 Å². The topological polar surface area (TPSA) is 79.2 Å². The molecule has 1 unspecified atom stereocenters. The van der Waals surface area contributed by atoms with Crippen molar-refractivity contribution >= 4 is 18.7 Å². The molecule has 2 aromatic carbocycles. The molecule has 2 aromatic rings. The molecule has 28 heavy (non-hydrogen) atoms. The monoisotopic (exact) mass is 384 g/mol. The van der Waals surface area contributed by atoms with Gasteiger partial charge in [0.25, 0.3) is 0 Å². The van der Waals surface area contributed by atoms with E-state index < -0.39 is 18.8 Å². The van der Waals surface area contributed by atoms with Crippen molar-refractivity contribution in [2.75, 3.05) is 13.7 Å². The molecule has 0 saturated carbocycles. The van der Waals surface area contributed by atoms with Gasteiger partial charge in [-0.15, -0.1) is 0 Å². The van der Waals surface area contributed by atoms with E-state index in [0.29, 0.717) is 5.46 Å². The Morgan fingerprint density at radius 2 is 1.68 bits per heavy atom. The van der Waals surface area contributed by atoms with Gasteiger partial charge in [0.2, 0.25) is 0 Å². The zero-order valence-corrected chi connectivity index (χ0v) is 17.1. The Kier molecular flexibility index (Phi) is 7.44. The quantitative estimate of drug-likeness (QED) is 0.610. The van der Waals surface area contributed by atoms with Gasteiger partial charge in [0, 0.05) is 7.11 Å². The molecule has 3 N–H and O–H groups in total. The van der Waals surface area contributed by atoms with Gasteiger partial charge in [-0.1, -0.05) is 36.4 Å². The molecule has 0 aliphatic rings. The third-order valence-electron chi connectivity index (χ3n) is 4.50. The minimum atomic E-state index is -0.968. The van der Waals surface area contributed by atoms with Crippen LogP contribution in [0, 0.1) is 13.8 Å². The van der Waals surface area contributed by atoms with Crippen molar-refractivity contribution in [3.8, 4) is 5.75 Å². The molecule has 0 spiro atoms. The molecule has 0 radical (unpaired) electrons. The fraction of sp³-hybridized carbons (Fsp3) is 0.364. The lowest BCUT2D eigenvalue weighted by atomic mass is 9.79. The SMILES string of the molecule is COB(O)c1ccc(C(O)/C=C/c2cc(C)c(OC(C)(C)CO)c(C)c2)cc1. The van der Waals surface area contributed by atoms with Gasteiger partial charge in [-0.3, -0.25) is 0 Å². The van der Waals surface area contributed by atoms with Crippen LogP contribution < -0.4 is 10.2 Å². The van der Waals surface area contributed by atoms with Crippen LogP contribution in [-0.2, 0) is 4.65 Å². The number of aliphatic hydroxyl groups is 2. The van der Waals surface area contributed by atoms with Crippen LogP contribution in [0.25, 0.3) is 6.08 Å². The summed E-state index contributed by atoms with van der Waals surface area (Å²) < 4.78 is 10.8. The van der Waals surface area contributed by atoms with Crippen LogP contribution >= 0.6 is 0 Å². The highest BCUT2D eigenvalue weighted by atomic mass is 16.5. The lowest BCUT2D eigenvalue weighted by Crippen LogP contribution is -2.33. The molecule has 0 aliphatic heterocycles. The molecule has 6 heteroatoms. The Labute approximate surface area is 167 Å². The number of hydrogen-bond acceptors (Lipinski definition) is 5. The molecule has 2 rings (SSSR count). The van der Waals surface area contributed by atoms with Crippen LogP contribution in [0.1, 0.15) is 42.2 Å². The summed E-state index contributed by atoms with van der Waals surface area (Å²) in [6, 6.07) is 10.9. The number of rotatable bonds is 8. The fourth-order valence-electron chi connectivity index (χ4n) is 2.86. The van der Waals surface area contributed by atoms with Crippen molar-refractivity contribution in [3.05, 3.63) is 64.7 Å². The maximum Gasteiger partial charge on any atom is 0.490 e. The summed E-state index contributed by atoms with van der Waals surface area (Å²) in [7, 11) is 0.463. The summed E-state index contributed by atoms with van der Waals surface area (Å²) >= 11 is 0. The lowest BCUT2D eigenvalue weighted by Gasteiger charge is -2.26. The van der Waals surface area contributed by atoms with Gasteiger partial charge in [-0.2, -0.15) is 0 Å². The first-order valence-corrected chi connectivity index (χ1v) is 9.25. The van der Waals surface area contributed by atoms with Gasteiger partial charge in [0.05, 0.1) is 12.7 Å². The second kappa shape index (κ2) is 9.39. The van der Waals surface area contributed by atoms with Crippen LogP contribution in [0.3, 0.4) is 0 Å². The lowest BCUT2D eigenvalue weighted by molar-refractivity contribution is 0.0401. The van der Waals surface area contributed by atoms with Gasteiger partial charge in [-0.05, 0) is 67.5 Å². The molecule has 0 fully saturated rings. The van der Waals surface area contributed by atoms with E-state index in [1.54, 1.807) is 30.3 Å². The zero-order chi connectivity index (χ0) is 20.9. The number of hydrogen-bond donors (Lipinski definition) is 3. The fourth-order valence-corrected chi connectivity index (χ4v) is 2.86. The number of ether oxygens (including phenoxy) is 1. The van der Waals surface area contributed by atoms with Crippen molar-refractivity contribution in [1.82, 2.24) is 0 Å². The Morgan fingerprint density at radius 3 is 2.18 bits per heavy atom. The van der Waals surface area contributed by atoms with E-state index in [4.69, 9.17) is 9.39 Å². The molecule has 1 atom stereocenters. The van der Waals surface area contributed by atoms with E-state index in [2.05, 4.69) is 0 Å². The molecule has 0 bridgehead atoms. The highest BCUT2D eigenvalue weighted by molar-refractivity contribution is 6.59. The first-order valence-electron chi connectivity index (χ1n) is 9.25. The predicted molar refractivity (Wildman–Crippen MR) is 113 cm³/mol. The predicted octanol–water partition coefficient (Wildman–Crippen LogP) is 2.53. The summed E-state index contributed by atoms with van der Waals surface area (Å²) in [5.41, 5.74) is 3.60. The van der Waals surface area contributed by atoms with Gasteiger partial charge >= 0.3 is 7.12 Å². The highest BCUT2D eigenvalue weighted by Crippen LogP contribution is 2.29. The second-order valence-corrected chi connectivity index (χ2v) is 7.56. The van der Waals surface area contributed by atoms with E-state index in [9.17, 15) is 15.2 Å². The van der Waals surface area contributed by atoms with Crippen LogP contribution in [0.5, 0.6) is 5.75 Å². The van der Waals surface area contributed by atoms with Gasteiger partial charge in [0.1, 0.15) is 11.4 Å². The van der Waals surface area contributed by atoms with Crippen LogP contribution in [0.4, 0.5) is 0 Å². The molecule has 0 heterocycles.